The van der Waals surface area contributed by atoms with Crippen LogP contribution < -0.4 is 10.6 Å². The van der Waals surface area contributed by atoms with Gasteiger partial charge in [0.1, 0.15) is 22.3 Å². The largest absolute Gasteiger partial charge is 0.506 e. The Labute approximate surface area is 216 Å². The van der Waals surface area contributed by atoms with Gasteiger partial charge in [-0.25, -0.2) is 14.7 Å². The molecule has 0 heterocycles. The summed E-state index contributed by atoms with van der Waals surface area (Å²) in [6.07, 6.45) is 0. The van der Waals surface area contributed by atoms with E-state index in [0.29, 0.717) is 18.1 Å². The molecule has 0 saturated heterocycles. The van der Waals surface area contributed by atoms with Crippen LogP contribution >= 0.6 is 24.1 Å². The van der Waals surface area contributed by atoms with Crippen LogP contribution in [0.5, 0.6) is 11.5 Å². The lowest BCUT2D eigenvalue weighted by atomic mass is 9.81. The Morgan fingerprint density at radius 2 is 1.46 bits per heavy atom. The number of ketones is 2. The number of phenolic OH excluding ortho intramolecular Hbond substituents is 2. The predicted molar refractivity (Wildman–Crippen MR) is 124 cm³/mol. The molecule has 1 atom stereocenters. The molecule has 0 radical (unpaired) electrons. The maximum atomic E-state index is 13.6. The number of carbonyl (C=O) groups excluding carboxylic acids is 2. The molecule has 2 aromatic rings. The smallest absolute Gasteiger partial charge is 0.283 e. The number of benzene rings is 2. The van der Waals surface area contributed by atoms with Crippen molar-refractivity contribution in [1.82, 2.24) is 0 Å². The number of hydrogen-bond acceptors (Lipinski definition) is 17. The van der Waals surface area contributed by atoms with E-state index < -0.39 is 83.0 Å². The maximum Gasteiger partial charge on any atom is 0.283 e. The van der Waals surface area contributed by atoms with Crippen LogP contribution in [0.1, 0.15) is 31.8 Å². The van der Waals surface area contributed by atoms with E-state index in [2.05, 4.69) is 29.4 Å². The zero-order valence-corrected chi connectivity index (χ0v) is 20.8. The number of rotatable bonds is 12. The van der Waals surface area contributed by atoms with Crippen LogP contribution in [0, 0.1) is 0 Å². The minimum atomic E-state index is -4.70. The summed E-state index contributed by atoms with van der Waals surface area (Å²) in [7, 11) is -4.70. The molecule has 1 aliphatic rings. The maximum absolute atomic E-state index is 13.6. The number of anilines is 2. The molecule has 0 bridgehead atoms. The molecule has 0 aromatic heterocycles. The molecule has 17 nitrogen and oxygen atoms in total. The van der Waals surface area contributed by atoms with Gasteiger partial charge >= 0.3 is 0 Å². The molecule has 0 fully saturated rings. The number of fused-ring (bicyclic) bond motifs is 2. The normalized spacial score (nSPS) is 13.7. The quantitative estimate of drug-likeness (QED) is 0.0213. The SMILES string of the molecule is O=C1c2c(NCS(=O)(=O)O)cc(S(=O)O)c(O)c2C(=O)c2c(NCSOOO)cc(SOOO)c(O)c21. The summed E-state index contributed by atoms with van der Waals surface area (Å²) in [4.78, 5) is 26.0. The molecular formula is C16H14N2O15S4. The fourth-order valence-electron chi connectivity index (χ4n) is 3.31. The lowest BCUT2D eigenvalue weighted by Gasteiger charge is -2.26. The third kappa shape index (κ3) is 6.14. The van der Waals surface area contributed by atoms with Crippen LogP contribution in [-0.4, -0.2) is 65.8 Å². The van der Waals surface area contributed by atoms with Crippen LogP contribution in [0.3, 0.4) is 0 Å². The summed E-state index contributed by atoms with van der Waals surface area (Å²) in [5, 5.41) is 49.7. The van der Waals surface area contributed by atoms with Gasteiger partial charge in [-0.05, 0) is 12.1 Å². The second-order valence-electron chi connectivity index (χ2n) is 6.66. The summed E-state index contributed by atoms with van der Waals surface area (Å²) in [6, 6.07) is 1.78. The van der Waals surface area contributed by atoms with E-state index in [-0.39, 0.29) is 28.5 Å². The van der Waals surface area contributed by atoms with Crippen molar-refractivity contribution in [2.24, 2.45) is 0 Å². The summed E-state index contributed by atoms with van der Waals surface area (Å²) >= 11 is -2.24. The number of nitrogens with one attached hydrogen (secondary N) is 2. The van der Waals surface area contributed by atoms with Crippen LogP contribution in [-0.2, 0) is 39.9 Å². The fourth-order valence-corrected chi connectivity index (χ4v) is 4.89. The lowest BCUT2D eigenvalue weighted by Crippen LogP contribution is -2.26. The summed E-state index contributed by atoms with van der Waals surface area (Å²) in [5.74, 6) is -5.70. The first-order chi connectivity index (χ1) is 17.4. The molecule has 0 saturated carbocycles. The van der Waals surface area contributed by atoms with Gasteiger partial charge < -0.3 is 25.4 Å². The Morgan fingerprint density at radius 1 is 0.892 bits per heavy atom. The molecule has 202 valence electrons. The van der Waals surface area contributed by atoms with Gasteiger partial charge in [0.2, 0.25) is 11.6 Å². The molecule has 0 aliphatic heterocycles. The first-order valence-corrected chi connectivity index (χ1v) is 13.5. The number of phenols is 2. The molecule has 1 aliphatic carbocycles. The minimum Gasteiger partial charge on any atom is -0.506 e. The van der Waals surface area contributed by atoms with Crippen molar-refractivity contribution >= 4 is 68.2 Å². The average Bonchev–Trinajstić information content (AvgIpc) is 2.83. The summed E-state index contributed by atoms with van der Waals surface area (Å²) in [6.45, 7) is 0. The van der Waals surface area contributed by atoms with Gasteiger partial charge in [0.05, 0.1) is 57.1 Å². The highest BCUT2D eigenvalue weighted by molar-refractivity contribution is 7.94. The highest BCUT2D eigenvalue weighted by Crippen LogP contribution is 2.47. The van der Waals surface area contributed by atoms with Crippen LogP contribution in [0.4, 0.5) is 11.4 Å². The molecular weight excluding hydrogens is 588 g/mol. The van der Waals surface area contributed by atoms with Gasteiger partial charge in [-0.2, -0.15) is 8.42 Å². The van der Waals surface area contributed by atoms with Crippen LogP contribution in [0.15, 0.2) is 21.9 Å². The molecule has 21 heteroatoms. The van der Waals surface area contributed by atoms with E-state index in [1.165, 1.54) is 0 Å². The van der Waals surface area contributed by atoms with Crippen molar-refractivity contribution in [3.8, 4) is 11.5 Å². The summed E-state index contributed by atoms with van der Waals surface area (Å²) in [5.41, 5.74) is -3.46. The second-order valence-corrected chi connectivity index (χ2v) is 10.5. The van der Waals surface area contributed by atoms with Crippen LogP contribution in [0.2, 0.25) is 0 Å². The average molecular weight is 603 g/mol. The number of aromatic hydroxyl groups is 2. The molecule has 1 unspecified atom stereocenters. The van der Waals surface area contributed by atoms with Crippen molar-refractivity contribution in [2.45, 2.75) is 9.79 Å². The van der Waals surface area contributed by atoms with Gasteiger partial charge in [0.15, 0.2) is 11.1 Å². The van der Waals surface area contributed by atoms with Crippen molar-refractivity contribution < 1.29 is 70.8 Å². The van der Waals surface area contributed by atoms with E-state index in [1.807, 2.05) is 0 Å². The molecule has 2 aromatic carbocycles. The van der Waals surface area contributed by atoms with E-state index in [9.17, 15) is 37.0 Å². The molecule has 0 spiro atoms. The second kappa shape index (κ2) is 11.9. The van der Waals surface area contributed by atoms with E-state index in [0.717, 1.165) is 6.07 Å². The standard InChI is InChI=1S/C16H14N2O15S4/c19-13-7(35-33-31-24)1-5(17-3-34-32-30-23)9-11(13)15(21)10-6(18-4-37(27,28)29)2-8(36(25)26)14(20)12(10)16(9)22/h1-2,17-20,23-24H,3-4H2,(H,25,26)(H,27,28,29). The monoisotopic (exact) mass is 602 g/mol. The van der Waals surface area contributed by atoms with Gasteiger partial charge in [-0.3, -0.25) is 14.1 Å². The topological polar surface area (TPSA) is 268 Å². The Morgan fingerprint density at radius 3 is 2.00 bits per heavy atom. The van der Waals surface area contributed by atoms with E-state index >= 15 is 0 Å². The van der Waals surface area contributed by atoms with Crippen molar-refractivity contribution in [3.63, 3.8) is 0 Å². The van der Waals surface area contributed by atoms with E-state index in [1.54, 1.807) is 0 Å². The third-order valence-corrected chi connectivity index (χ3v) is 6.86. The van der Waals surface area contributed by atoms with Gasteiger partial charge in [-0.15, -0.1) is 8.67 Å². The zero-order valence-electron chi connectivity index (χ0n) is 17.6. The zero-order chi connectivity index (χ0) is 27.5. The van der Waals surface area contributed by atoms with Gasteiger partial charge in [0.25, 0.3) is 10.1 Å². The predicted octanol–water partition coefficient (Wildman–Crippen LogP) is 1.58. The van der Waals surface area contributed by atoms with Crippen molar-refractivity contribution in [3.05, 3.63) is 34.4 Å². The molecule has 0 amide bonds. The van der Waals surface area contributed by atoms with E-state index in [4.69, 9.17) is 15.1 Å². The van der Waals surface area contributed by atoms with Gasteiger partial charge in [0, 0.05) is 11.4 Å². The highest BCUT2D eigenvalue weighted by atomic mass is 32.2. The fraction of sp³-hybridized carbons (Fsp3) is 0.125. The highest BCUT2D eigenvalue weighted by Gasteiger charge is 2.41. The minimum absolute atomic E-state index is 0.197. The first kappa shape index (κ1) is 29.0. The molecule has 37 heavy (non-hydrogen) atoms. The Bertz CT molecular complexity index is 1380. The third-order valence-electron chi connectivity index (χ3n) is 4.63. The van der Waals surface area contributed by atoms with Gasteiger partial charge in [-0.1, -0.05) is 10.1 Å². The van der Waals surface area contributed by atoms with Crippen molar-refractivity contribution in [2.75, 3.05) is 22.4 Å². The number of hydrogen-bond donors (Lipinski definition) is 8. The Kier molecular flexibility index (Phi) is 9.32. The van der Waals surface area contributed by atoms with Crippen molar-refractivity contribution in [1.29, 1.82) is 0 Å². The number of carbonyl (C=O) groups is 2. The first-order valence-electron chi connectivity index (χ1n) is 9.10. The Balaban J connectivity index is 2.29. The molecule has 8 N–H and O–H groups in total. The van der Waals surface area contributed by atoms with Crippen LogP contribution in [0.25, 0.3) is 0 Å². The molecule has 3 rings (SSSR count). The lowest BCUT2D eigenvalue weighted by molar-refractivity contribution is -0.432. The summed E-state index contributed by atoms with van der Waals surface area (Å²) < 4.78 is 61.4. The Hall–Kier alpha value is -2.54.